The topological polar surface area (TPSA) is 68.3 Å². The van der Waals surface area contributed by atoms with E-state index in [1.807, 2.05) is 19.1 Å². The first-order valence-electron chi connectivity index (χ1n) is 7.39. The number of para-hydroxylation sites is 1. The summed E-state index contributed by atoms with van der Waals surface area (Å²) in [6.07, 6.45) is 1.55. The molecule has 118 valence electrons. The third-order valence-corrected chi connectivity index (χ3v) is 3.68. The van der Waals surface area contributed by atoms with Crippen LogP contribution in [0, 0.1) is 0 Å². The summed E-state index contributed by atoms with van der Waals surface area (Å²) in [5, 5.41) is 4.75. The van der Waals surface area contributed by atoms with Gasteiger partial charge in [0.25, 0.3) is 5.91 Å². The summed E-state index contributed by atoms with van der Waals surface area (Å²) in [4.78, 5) is 26.6. The number of carbonyl (C=O) groups excluding carboxylic acids is 1. The van der Waals surface area contributed by atoms with Crippen molar-refractivity contribution in [2.75, 3.05) is 7.05 Å². The molecule has 2 heterocycles. The van der Waals surface area contributed by atoms with Crippen LogP contribution >= 0.6 is 0 Å². The Balaban J connectivity index is 2.03. The standard InChI is InChI=1S/C17H17N3O3/c1-3-20-14-9-5-4-8-13(14)16(21)15(18-20)17(22)19(2)11-12-7-6-10-23-12/h4-10H,3,11H2,1-2H3. The Hall–Kier alpha value is -2.89. The molecule has 1 amide bonds. The molecule has 0 radical (unpaired) electrons. The molecular formula is C17H17N3O3. The molecule has 0 unspecified atom stereocenters. The number of aromatic nitrogens is 2. The molecule has 2 aromatic heterocycles. The van der Waals surface area contributed by atoms with E-state index in [1.165, 1.54) is 4.90 Å². The molecular weight excluding hydrogens is 294 g/mol. The first-order chi connectivity index (χ1) is 11.1. The van der Waals surface area contributed by atoms with Gasteiger partial charge in [-0.25, -0.2) is 0 Å². The highest BCUT2D eigenvalue weighted by Crippen LogP contribution is 2.11. The van der Waals surface area contributed by atoms with Crippen LogP contribution in [-0.4, -0.2) is 27.6 Å². The van der Waals surface area contributed by atoms with Crippen LogP contribution in [0.4, 0.5) is 0 Å². The van der Waals surface area contributed by atoms with Gasteiger partial charge in [-0.3, -0.25) is 14.3 Å². The lowest BCUT2D eigenvalue weighted by Gasteiger charge is -2.16. The van der Waals surface area contributed by atoms with E-state index in [1.54, 1.807) is 42.3 Å². The van der Waals surface area contributed by atoms with E-state index in [0.717, 1.165) is 5.52 Å². The third kappa shape index (κ3) is 2.75. The number of nitrogens with zero attached hydrogens (tertiary/aromatic N) is 3. The lowest BCUT2D eigenvalue weighted by atomic mass is 10.2. The summed E-state index contributed by atoms with van der Waals surface area (Å²) in [6, 6.07) is 10.7. The van der Waals surface area contributed by atoms with Gasteiger partial charge >= 0.3 is 0 Å². The molecule has 6 heteroatoms. The van der Waals surface area contributed by atoms with Gasteiger partial charge in [0, 0.05) is 19.0 Å². The number of hydrogen-bond acceptors (Lipinski definition) is 4. The number of hydrogen-bond donors (Lipinski definition) is 0. The molecule has 0 aliphatic heterocycles. The van der Waals surface area contributed by atoms with Gasteiger partial charge < -0.3 is 9.32 Å². The van der Waals surface area contributed by atoms with E-state index in [4.69, 9.17) is 4.42 Å². The maximum atomic E-state index is 12.6. The number of rotatable bonds is 4. The molecule has 23 heavy (non-hydrogen) atoms. The van der Waals surface area contributed by atoms with Crippen LogP contribution in [0.15, 0.2) is 51.9 Å². The SMILES string of the molecule is CCn1nc(C(=O)N(C)Cc2ccco2)c(=O)c2ccccc21. The van der Waals surface area contributed by atoms with Gasteiger partial charge in [0.15, 0.2) is 5.69 Å². The van der Waals surface area contributed by atoms with Gasteiger partial charge in [0.1, 0.15) is 5.76 Å². The van der Waals surface area contributed by atoms with Crippen LogP contribution in [0.2, 0.25) is 0 Å². The zero-order valence-electron chi connectivity index (χ0n) is 13.0. The zero-order chi connectivity index (χ0) is 16.4. The van der Waals surface area contributed by atoms with Crippen molar-refractivity contribution in [3.8, 4) is 0 Å². The van der Waals surface area contributed by atoms with Crippen molar-refractivity contribution >= 4 is 16.8 Å². The molecule has 0 aliphatic carbocycles. The van der Waals surface area contributed by atoms with Gasteiger partial charge in [-0.1, -0.05) is 12.1 Å². The maximum absolute atomic E-state index is 12.6. The number of amides is 1. The molecule has 0 spiro atoms. The highest BCUT2D eigenvalue weighted by Gasteiger charge is 2.21. The van der Waals surface area contributed by atoms with Gasteiger partial charge in [-0.15, -0.1) is 0 Å². The van der Waals surface area contributed by atoms with Crippen LogP contribution in [-0.2, 0) is 13.1 Å². The second-order valence-electron chi connectivity index (χ2n) is 5.25. The highest BCUT2D eigenvalue weighted by molar-refractivity contribution is 5.95. The smallest absolute Gasteiger partial charge is 0.278 e. The Kier molecular flexibility index (Phi) is 3.97. The summed E-state index contributed by atoms with van der Waals surface area (Å²) < 4.78 is 6.91. The lowest BCUT2D eigenvalue weighted by Crippen LogP contribution is -2.33. The minimum Gasteiger partial charge on any atom is -0.467 e. The van der Waals surface area contributed by atoms with Gasteiger partial charge in [-0.05, 0) is 31.2 Å². The molecule has 0 saturated heterocycles. The number of furan rings is 1. The van der Waals surface area contributed by atoms with Gasteiger partial charge in [-0.2, -0.15) is 5.10 Å². The fourth-order valence-corrected chi connectivity index (χ4v) is 2.51. The summed E-state index contributed by atoms with van der Waals surface area (Å²) >= 11 is 0. The molecule has 0 bridgehead atoms. The summed E-state index contributed by atoms with van der Waals surface area (Å²) in [5.74, 6) is 0.233. The van der Waals surface area contributed by atoms with Crippen molar-refractivity contribution in [1.82, 2.24) is 14.7 Å². The first kappa shape index (κ1) is 15.0. The monoisotopic (exact) mass is 311 g/mol. The quantitative estimate of drug-likeness (QED) is 0.741. The second-order valence-corrected chi connectivity index (χ2v) is 5.25. The van der Waals surface area contributed by atoms with E-state index in [-0.39, 0.29) is 17.7 Å². The van der Waals surface area contributed by atoms with E-state index >= 15 is 0 Å². The number of aryl methyl sites for hydroxylation is 1. The molecule has 3 aromatic rings. The fraction of sp³-hybridized carbons (Fsp3) is 0.235. The van der Waals surface area contributed by atoms with Crippen molar-refractivity contribution < 1.29 is 9.21 Å². The van der Waals surface area contributed by atoms with Crippen LogP contribution in [0.5, 0.6) is 0 Å². The summed E-state index contributed by atoms with van der Waals surface area (Å²) in [7, 11) is 1.62. The van der Waals surface area contributed by atoms with E-state index < -0.39 is 5.91 Å². The first-order valence-corrected chi connectivity index (χ1v) is 7.39. The predicted molar refractivity (Wildman–Crippen MR) is 86.2 cm³/mol. The average Bonchev–Trinajstić information content (AvgIpc) is 3.08. The van der Waals surface area contributed by atoms with Crippen molar-refractivity contribution in [2.24, 2.45) is 0 Å². The Morgan fingerprint density at radius 3 is 2.74 bits per heavy atom. The lowest BCUT2D eigenvalue weighted by molar-refractivity contribution is 0.0766. The van der Waals surface area contributed by atoms with Crippen molar-refractivity contribution in [3.63, 3.8) is 0 Å². The molecule has 3 rings (SSSR count). The molecule has 0 fully saturated rings. The van der Waals surface area contributed by atoms with E-state index in [0.29, 0.717) is 17.7 Å². The Morgan fingerprint density at radius 1 is 1.26 bits per heavy atom. The van der Waals surface area contributed by atoms with E-state index in [2.05, 4.69) is 5.10 Å². The zero-order valence-corrected chi connectivity index (χ0v) is 13.0. The second kappa shape index (κ2) is 6.08. The molecule has 0 saturated carbocycles. The number of carbonyl (C=O) groups is 1. The van der Waals surface area contributed by atoms with E-state index in [9.17, 15) is 9.59 Å². The average molecular weight is 311 g/mol. The maximum Gasteiger partial charge on any atom is 0.278 e. The third-order valence-electron chi connectivity index (χ3n) is 3.68. The normalized spacial score (nSPS) is 10.9. The Labute approximate surface area is 132 Å². The Morgan fingerprint density at radius 2 is 2.04 bits per heavy atom. The van der Waals surface area contributed by atoms with Crippen LogP contribution in [0.3, 0.4) is 0 Å². The predicted octanol–water partition coefficient (Wildman–Crippen LogP) is 2.28. The molecule has 0 atom stereocenters. The summed E-state index contributed by atoms with van der Waals surface area (Å²) in [5.41, 5.74) is 0.312. The summed E-state index contributed by atoms with van der Waals surface area (Å²) in [6.45, 7) is 2.78. The molecule has 0 aliphatic rings. The van der Waals surface area contributed by atoms with Crippen molar-refractivity contribution in [1.29, 1.82) is 0 Å². The van der Waals surface area contributed by atoms with Gasteiger partial charge in [0.2, 0.25) is 5.43 Å². The van der Waals surface area contributed by atoms with Gasteiger partial charge in [0.05, 0.1) is 18.3 Å². The van der Waals surface area contributed by atoms with Crippen molar-refractivity contribution in [2.45, 2.75) is 20.0 Å². The van der Waals surface area contributed by atoms with Crippen LogP contribution in [0.25, 0.3) is 10.9 Å². The fourth-order valence-electron chi connectivity index (χ4n) is 2.51. The Bertz CT molecular complexity index is 897. The van der Waals surface area contributed by atoms with Crippen LogP contribution in [0.1, 0.15) is 23.2 Å². The van der Waals surface area contributed by atoms with Crippen LogP contribution < -0.4 is 5.43 Å². The van der Waals surface area contributed by atoms with Crippen molar-refractivity contribution in [3.05, 3.63) is 64.3 Å². The molecule has 1 aromatic carbocycles. The molecule has 0 N–H and O–H groups in total. The minimum absolute atomic E-state index is 0.0698. The number of benzene rings is 1. The largest absolute Gasteiger partial charge is 0.467 e. The number of fused-ring (bicyclic) bond motifs is 1. The minimum atomic E-state index is -0.417. The molecule has 6 nitrogen and oxygen atoms in total. The highest BCUT2D eigenvalue weighted by atomic mass is 16.3.